The fourth-order valence-electron chi connectivity index (χ4n) is 2.60. The molecule has 0 fully saturated rings. The molecule has 0 aliphatic rings. The van der Waals surface area contributed by atoms with Gasteiger partial charge in [0.05, 0.1) is 5.16 Å². The topological polar surface area (TPSA) is 0 Å². The van der Waals surface area contributed by atoms with Crippen LogP contribution in [0.5, 0.6) is 0 Å². The Morgan fingerprint density at radius 3 is 0.952 bits per heavy atom. The molecule has 0 bridgehead atoms. The summed E-state index contributed by atoms with van der Waals surface area (Å²) >= 11 is 0. The molecule has 0 heterocycles. The molecule has 0 spiro atoms. The molecule has 3 aromatic carbocycles. The second kappa shape index (κ2) is 7.38. The fourth-order valence-corrected chi connectivity index (χ4v) is 3.18. The van der Waals surface area contributed by atoms with Gasteiger partial charge < -0.3 is 0 Å². The molecule has 3 rings (SSSR count). The maximum absolute atomic E-state index is 3.06. The third kappa shape index (κ3) is 3.30. The Bertz CT molecular complexity index is 569. The summed E-state index contributed by atoms with van der Waals surface area (Å²) in [6, 6.07) is 31.9. The van der Waals surface area contributed by atoms with Gasteiger partial charge in [-0.3, -0.25) is 0 Å². The van der Waals surface area contributed by atoms with Crippen LogP contribution in [-0.2, 0) is 5.16 Å². The van der Waals surface area contributed by atoms with Crippen LogP contribution in [0, 0.1) is 0 Å². The van der Waals surface area contributed by atoms with Crippen LogP contribution in [0.15, 0.2) is 91.0 Å². The summed E-state index contributed by atoms with van der Waals surface area (Å²) in [6.45, 7) is 0. The van der Waals surface area contributed by atoms with E-state index >= 15 is 0 Å². The molecule has 100 valence electrons. The van der Waals surface area contributed by atoms with Gasteiger partial charge in [-0.05, 0) is 16.7 Å². The van der Waals surface area contributed by atoms with Gasteiger partial charge in [-0.1, -0.05) is 91.0 Å². The first-order valence-electron chi connectivity index (χ1n) is 6.77. The van der Waals surface area contributed by atoms with E-state index in [9.17, 15) is 0 Å². The molecule has 0 saturated carbocycles. The van der Waals surface area contributed by atoms with E-state index in [2.05, 4.69) is 100 Å². The van der Waals surface area contributed by atoms with E-state index in [1.165, 1.54) is 16.7 Å². The first-order valence-corrected chi connectivity index (χ1v) is 7.35. The summed E-state index contributed by atoms with van der Waals surface area (Å²) in [5, 5.41) is -0.205. The molecule has 0 N–H and O–H groups in total. The normalized spacial score (nSPS) is 10.7. The number of benzene rings is 3. The van der Waals surface area contributed by atoms with E-state index in [1.54, 1.807) is 0 Å². The molecule has 3 aromatic rings. The summed E-state index contributed by atoms with van der Waals surface area (Å²) in [5.41, 5.74) is 3.84. The van der Waals surface area contributed by atoms with Gasteiger partial charge in [0.15, 0.2) is 0 Å². The Balaban J connectivity index is 0.00000161. The fraction of sp³-hybridized carbons (Fsp3) is 0.0526. The second-order valence-corrected chi connectivity index (χ2v) is 5.77. The van der Waals surface area contributed by atoms with Crippen molar-refractivity contribution in [1.82, 2.24) is 0 Å². The van der Waals surface area contributed by atoms with Crippen LogP contribution in [-0.4, -0.2) is 29.6 Å². The van der Waals surface area contributed by atoms with Crippen molar-refractivity contribution in [3.05, 3.63) is 108 Å². The van der Waals surface area contributed by atoms with E-state index in [1.807, 2.05) is 0 Å². The van der Waals surface area contributed by atoms with E-state index in [0.29, 0.717) is 0 Å². The second-order valence-electron chi connectivity index (χ2n) is 4.91. The average molecular weight is 300 g/mol. The van der Waals surface area contributed by atoms with Crippen LogP contribution >= 0.6 is 9.24 Å². The maximum atomic E-state index is 3.06. The van der Waals surface area contributed by atoms with Crippen LogP contribution in [0.25, 0.3) is 0 Å². The molecule has 0 saturated heterocycles. The molecule has 1 atom stereocenters. The van der Waals surface area contributed by atoms with Crippen LogP contribution in [0.3, 0.4) is 0 Å². The van der Waals surface area contributed by atoms with Gasteiger partial charge >= 0.3 is 29.6 Å². The Morgan fingerprint density at radius 1 is 0.476 bits per heavy atom. The van der Waals surface area contributed by atoms with Gasteiger partial charge in [0.2, 0.25) is 0 Å². The molecule has 0 nitrogen and oxygen atoms in total. The molecule has 0 aromatic heterocycles. The molecule has 0 aliphatic carbocycles. The number of rotatable bonds is 3. The van der Waals surface area contributed by atoms with Gasteiger partial charge in [0.1, 0.15) is 0 Å². The van der Waals surface area contributed by atoms with E-state index in [-0.39, 0.29) is 34.7 Å². The quantitative estimate of drug-likeness (QED) is 0.386. The molecule has 2 heteroatoms. The Kier molecular flexibility index (Phi) is 5.79. The van der Waals surface area contributed by atoms with Crippen LogP contribution in [0.1, 0.15) is 16.7 Å². The third-order valence-corrected chi connectivity index (χ3v) is 4.69. The zero-order valence-electron chi connectivity index (χ0n) is 11.2. The van der Waals surface area contributed by atoms with Crippen LogP contribution < -0.4 is 0 Å². The van der Waals surface area contributed by atoms with Gasteiger partial charge in [0, 0.05) is 0 Å². The first kappa shape index (κ1) is 16.5. The van der Waals surface area contributed by atoms with Gasteiger partial charge in [-0.15, -0.1) is 9.24 Å². The summed E-state index contributed by atoms with van der Waals surface area (Å²) in [6.07, 6.45) is 0. The van der Waals surface area contributed by atoms with Gasteiger partial charge in [-0.25, -0.2) is 0 Å². The SMILES string of the molecule is PC(c1ccccc1)(c1ccccc1)c1ccccc1.[NaH]. The average Bonchev–Trinajstić information content (AvgIpc) is 2.56. The van der Waals surface area contributed by atoms with Crippen molar-refractivity contribution < 1.29 is 0 Å². The Morgan fingerprint density at radius 2 is 0.714 bits per heavy atom. The van der Waals surface area contributed by atoms with Crippen molar-refractivity contribution in [2.24, 2.45) is 0 Å². The Hall–Kier alpha value is -0.910. The van der Waals surface area contributed by atoms with Gasteiger partial charge in [0.25, 0.3) is 0 Å². The Labute approximate surface area is 151 Å². The van der Waals surface area contributed by atoms with Crippen molar-refractivity contribution in [1.29, 1.82) is 0 Å². The van der Waals surface area contributed by atoms with Crippen LogP contribution in [0.2, 0.25) is 0 Å². The van der Waals surface area contributed by atoms with Crippen molar-refractivity contribution >= 4 is 38.8 Å². The van der Waals surface area contributed by atoms with E-state index < -0.39 is 0 Å². The first-order chi connectivity index (χ1) is 9.82. The summed E-state index contributed by atoms with van der Waals surface area (Å²) < 4.78 is 0. The van der Waals surface area contributed by atoms with Crippen molar-refractivity contribution in [3.8, 4) is 0 Å². The third-order valence-electron chi connectivity index (χ3n) is 3.69. The molecule has 0 radical (unpaired) electrons. The monoisotopic (exact) mass is 300 g/mol. The molecule has 1 unspecified atom stereocenters. The van der Waals surface area contributed by atoms with E-state index in [4.69, 9.17) is 0 Å². The van der Waals surface area contributed by atoms with Crippen molar-refractivity contribution in [3.63, 3.8) is 0 Å². The number of hydrogen-bond donors (Lipinski definition) is 0. The van der Waals surface area contributed by atoms with Crippen LogP contribution in [0.4, 0.5) is 0 Å². The minimum absolute atomic E-state index is 0. The molecular formula is C19H18NaP. The minimum atomic E-state index is -0.205. The standard InChI is InChI=1S/C19H17P.Na.H/c20-19(16-10-4-1-5-11-16,17-12-6-2-7-13-17)18-14-8-3-9-15-18;;/h1-15H,20H2;;. The molecular weight excluding hydrogens is 282 g/mol. The summed E-state index contributed by atoms with van der Waals surface area (Å²) in [5.74, 6) is 0. The van der Waals surface area contributed by atoms with Gasteiger partial charge in [-0.2, -0.15) is 0 Å². The molecule has 21 heavy (non-hydrogen) atoms. The van der Waals surface area contributed by atoms with Crippen molar-refractivity contribution in [2.45, 2.75) is 5.16 Å². The predicted molar refractivity (Wildman–Crippen MR) is 96.1 cm³/mol. The summed E-state index contributed by atoms with van der Waals surface area (Å²) in [7, 11) is 3.06. The predicted octanol–water partition coefficient (Wildman–Crippen LogP) is 4.21. The molecule has 0 amide bonds. The summed E-state index contributed by atoms with van der Waals surface area (Å²) in [4.78, 5) is 0. The van der Waals surface area contributed by atoms with Crippen molar-refractivity contribution in [2.75, 3.05) is 0 Å². The zero-order chi connectivity index (χ0) is 13.8. The number of hydrogen-bond acceptors (Lipinski definition) is 0. The molecule has 0 aliphatic heterocycles. The van der Waals surface area contributed by atoms with E-state index in [0.717, 1.165) is 0 Å². The zero-order valence-corrected chi connectivity index (χ0v) is 12.4.